The summed E-state index contributed by atoms with van der Waals surface area (Å²) in [4.78, 5) is 12.8. The number of benzene rings is 1. The highest BCUT2D eigenvalue weighted by atomic mass is 19.4. The van der Waals surface area contributed by atoms with E-state index in [9.17, 15) is 26.7 Å². The van der Waals surface area contributed by atoms with Gasteiger partial charge in [0.15, 0.2) is 0 Å². The summed E-state index contributed by atoms with van der Waals surface area (Å²) >= 11 is 0. The van der Waals surface area contributed by atoms with Crippen LogP contribution in [-0.2, 0) is 4.74 Å². The molecule has 1 aliphatic heterocycles. The van der Waals surface area contributed by atoms with Crippen LogP contribution >= 0.6 is 0 Å². The molecular formula is C21H26F5NO3. The monoisotopic (exact) mass is 435 g/mol. The number of alkyl halides is 3. The van der Waals surface area contributed by atoms with E-state index in [1.807, 2.05) is 0 Å². The SMILES string of the molecule is COC(=O)c1c(F)cc(OCC[C@@H]2C[C@]2(C)C2CCN(CC(F)(F)F)CC2)cc1F. The lowest BCUT2D eigenvalue weighted by molar-refractivity contribution is -0.149. The molecule has 0 aromatic heterocycles. The quantitative estimate of drug-likeness (QED) is 0.455. The van der Waals surface area contributed by atoms with Gasteiger partial charge in [-0.25, -0.2) is 13.6 Å². The molecular weight excluding hydrogens is 409 g/mol. The number of carbonyl (C=O) groups excluding carboxylic acids is 1. The molecule has 0 radical (unpaired) electrons. The minimum Gasteiger partial charge on any atom is -0.493 e. The van der Waals surface area contributed by atoms with E-state index in [1.54, 1.807) is 0 Å². The van der Waals surface area contributed by atoms with Gasteiger partial charge in [-0.15, -0.1) is 0 Å². The average Bonchev–Trinajstić information content (AvgIpc) is 3.31. The second-order valence-electron chi connectivity index (χ2n) is 8.46. The van der Waals surface area contributed by atoms with Crippen molar-refractivity contribution in [2.75, 3.05) is 33.4 Å². The van der Waals surface area contributed by atoms with E-state index in [4.69, 9.17) is 4.74 Å². The van der Waals surface area contributed by atoms with Crippen LogP contribution in [0.25, 0.3) is 0 Å². The van der Waals surface area contributed by atoms with Gasteiger partial charge in [-0.05, 0) is 56.0 Å². The number of hydrogen-bond acceptors (Lipinski definition) is 4. The molecule has 30 heavy (non-hydrogen) atoms. The molecule has 0 N–H and O–H groups in total. The Morgan fingerprint density at radius 3 is 2.33 bits per heavy atom. The maximum atomic E-state index is 14.0. The molecule has 2 atom stereocenters. The molecule has 1 heterocycles. The van der Waals surface area contributed by atoms with Gasteiger partial charge in [0.05, 0.1) is 20.3 Å². The second-order valence-corrected chi connectivity index (χ2v) is 8.46. The molecule has 0 amide bonds. The maximum Gasteiger partial charge on any atom is 0.401 e. The Labute approximate surface area is 172 Å². The number of hydrogen-bond donors (Lipinski definition) is 0. The number of rotatable bonds is 7. The molecule has 9 heteroatoms. The van der Waals surface area contributed by atoms with Crippen LogP contribution in [0.4, 0.5) is 22.0 Å². The number of halogens is 5. The summed E-state index contributed by atoms with van der Waals surface area (Å²) in [6.45, 7) is 2.48. The van der Waals surface area contributed by atoms with Gasteiger partial charge < -0.3 is 9.47 Å². The third-order valence-corrected chi connectivity index (χ3v) is 6.52. The Morgan fingerprint density at radius 2 is 1.80 bits per heavy atom. The summed E-state index contributed by atoms with van der Waals surface area (Å²) in [5, 5.41) is 0. The average molecular weight is 435 g/mol. The lowest BCUT2D eigenvalue weighted by Gasteiger charge is -2.36. The van der Waals surface area contributed by atoms with Crippen molar-refractivity contribution in [3.63, 3.8) is 0 Å². The molecule has 1 saturated heterocycles. The second kappa shape index (κ2) is 8.69. The molecule has 3 rings (SSSR count). The maximum absolute atomic E-state index is 14.0. The lowest BCUT2D eigenvalue weighted by Crippen LogP contribution is -2.41. The van der Waals surface area contributed by atoms with Gasteiger partial charge in [-0.2, -0.15) is 13.2 Å². The summed E-state index contributed by atoms with van der Waals surface area (Å²) in [6, 6.07) is 1.91. The zero-order chi connectivity index (χ0) is 22.1. The van der Waals surface area contributed by atoms with Crippen LogP contribution < -0.4 is 4.74 Å². The van der Waals surface area contributed by atoms with Crippen molar-refractivity contribution in [3.8, 4) is 5.75 Å². The Morgan fingerprint density at radius 1 is 1.20 bits per heavy atom. The topological polar surface area (TPSA) is 38.8 Å². The predicted octanol–water partition coefficient (Wildman–Crippen LogP) is 4.82. The molecule has 168 valence electrons. The zero-order valence-corrected chi connectivity index (χ0v) is 17.0. The predicted molar refractivity (Wildman–Crippen MR) is 99.2 cm³/mol. The lowest BCUT2D eigenvalue weighted by atomic mass is 9.81. The van der Waals surface area contributed by atoms with Gasteiger partial charge in [-0.1, -0.05) is 6.92 Å². The summed E-state index contributed by atoms with van der Waals surface area (Å²) in [5.74, 6) is -2.42. The van der Waals surface area contributed by atoms with E-state index in [2.05, 4.69) is 11.7 Å². The number of carbonyl (C=O) groups is 1. The third kappa shape index (κ3) is 5.22. The van der Waals surface area contributed by atoms with E-state index in [-0.39, 0.29) is 17.8 Å². The molecule has 2 aliphatic rings. The van der Waals surface area contributed by atoms with Gasteiger partial charge in [0.2, 0.25) is 0 Å². The van der Waals surface area contributed by atoms with Crippen molar-refractivity contribution in [2.45, 2.75) is 38.8 Å². The van der Waals surface area contributed by atoms with Crippen LogP contribution in [0.15, 0.2) is 12.1 Å². The van der Waals surface area contributed by atoms with Crippen molar-refractivity contribution >= 4 is 5.97 Å². The first kappa shape index (κ1) is 22.8. The normalized spacial score (nSPS) is 25.2. The molecule has 1 saturated carbocycles. The van der Waals surface area contributed by atoms with Crippen molar-refractivity contribution in [1.82, 2.24) is 4.90 Å². The van der Waals surface area contributed by atoms with E-state index in [1.165, 1.54) is 4.90 Å². The smallest absolute Gasteiger partial charge is 0.401 e. The number of ether oxygens (including phenoxy) is 2. The number of piperidine rings is 1. The Bertz CT molecular complexity index is 753. The van der Waals surface area contributed by atoms with Gasteiger partial charge in [0, 0.05) is 12.1 Å². The Balaban J connectivity index is 1.46. The number of esters is 1. The summed E-state index contributed by atoms with van der Waals surface area (Å²) in [5.41, 5.74) is -0.671. The summed E-state index contributed by atoms with van der Waals surface area (Å²) < 4.78 is 75.3. The molecule has 0 spiro atoms. The van der Waals surface area contributed by atoms with E-state index in [0.29, 0.717) is 31.3 Å². The zero-order valence-electron chi connectivity index (χ0n) is 17.0. The van der Waals surface area contributed by atoms with Crippen molar-refractivity contribution in [2.24, 2.45) is 17.3 Å². The first-order chi connectivity index (χ1) is 14.0. The summed E-state index contributed by atoms with van der Waals surface area (Å²) in [6.07, 6.45) is -1.000. The Hall–Kier alpha value is -1.90. The fourth-order valence-corrected chi connectivity index (χ4v) is 4.66. The van der Waals surface area contributed by atoms with Crippen molar-refractivity contribution in [1.29, 1.82) is 0 Å². The Kier molecular flexibility index (Phi) is 6.60. The fourth-order valence-electron chi connectivity index (χ4n) is 4.66. The van der Waals surface area contributed by atoms with Crippen LogP contribution in [0.3, 0.4) is 0 Å². The van der Waals surface area contributed by atoms with Gasteiger partial charge in [-0.3, -0.25) is 4.90 Å². The molecule has 4 nitrogen and oxygen atoms in total. The van der Waals surface area contributed by atoms with E-state index < -0.39 is 35.9 Å². The van der Waals surface area contributed by atoms with Crippen LogP contribution in [0.5, 0.6) is 5.75 Å². The van der Waals surface area contributed by atoms with Gasteiger partial charge in [0.1, 0.15) is 22.9 Å². The molecule has 1 aliphatic carbocycles. The van der Waals surface area contributed by atoms with Crippen LogP contribution in [0, 0.1) is 28.9 Å². The molecule has 1 aromatic rings. The van der Waals surface area contributed by atoms with Crippen LogP contribution in [0.1, 0.15) is 43.0 Å². The summed E-state index contributed by atoms with van der Waals surface area (Å²) in [7, 11) is 1.04. The van der Waals surface area contributed by atoms with Crippen LogP contribution in [0.2, 0.25) is 0 Å². The largest absolute Gasteiger partial charge is 0.493 e. The minimum atomic E-state index is -4.16. The molecule has 2 fully saturated rings. The van der Waals surface area contributed by atoms with Gasteiger partial charge >= 0.3 is 12.1 Å². The standard InChI is InChI=1S/C21H26F5NO3/c1-20(13-3-6-27(7-4-13)12-21(24,25)26)11-14(20)5-8-30-15-9-16(22)18(17(23)10-15)19(28)29-2/h9-10,13-14H,3-8,11-12H2,1-2H3/t14-,20-/m1/s1. The highest BCUT2D eigenvalue weighted by Gasteiger charge is 2.54. The van der Waals surface area contributed by atoms with Crippen molar-refractivity contribution in [3.05, 3.63) is 29.3 Å². The van der Waals surface area contributed by atoms with Crippen molar-refractivity contribution < 1.29 is 36.2 Å². The fraction of sp³-hybridized carbons (Fsp3) is 0.667. The molecule has 0 bridgehead atoms. The van der Waals surface area contributed by atoms with Gasteiger partial charge in [0.25, 0.3) is 0 Å². The number of methoxy groups -OCH3 is 1. The highest BCUT2D eigenvalue weighted by molar-refractivity contribution is 5.90. The van der Waals surface area contributed by atoms with E-state index in [0.717, 1.165) is 38.5 Å². The molecule has 1 aromatic carbocycles. The number of nitrogens with zero attached hydrogens (tertiary/aromatic N) is 1. The highest BCUT2D eigenvalue weighted by Crippen LogP contribution is 2.61. The third-order valence-electron chi connectivity index (χ3n) is 6.52. The first-order valence-electron chi connectivity index (χ1n) is 10.0. The number of likely N-dealkylation sites (tertiary alicyclic amines) is 1. The first-order valence-corrected chi connectivity index (χ1v) is 10.0. The molecule has 0 unspecified atom stereocenters. The van der Waals surface area contributed by atoms with Crippen LogP contribution in [-0.4, -0.2) is 50.4 Å². The van der Waals surface area contributed by atoms with E-state index >= 15 is 0 Å². The minimum absolute atomic E-state index is 0.000431.